The molecule has 1 aliphatic rings. The summed E-state index contributed by atoms with van der Waals surface area (Å²) in [4.78, 5) is 0. The van der Waals surface area contributed by atoms with E-state index in [4.69, 9.17) is 0 Å². The van der Waals surface area contributed by atoms with Gasteiger partial charge in [-0.1, -0.05) is 43.7 Å². The van der Waals surface area contributed by atoms with E-state index in [1.165, 1.54) is 60.8 Å². The Labute approximate surface area is 140 Å². The molecule has 1 saturated carbocycles. The second-order valence-corrected chi connectivity index (χ2v) is 7.08. The Morgan fingerprint density at radius 2 is 1.57 bits per heavy atom. The second kappa shape index (κ2) is 7.21. The summed E-state index contributed by atoms with van der Waals surface area (Å²) >= 11 is 0. The molecule has 0 atom stereocenters. The molecule has 1 N–H and O–H groups in total. The topological polar surface area (TPSA) is 20.2 Å². The Balaban J connectivity index is 1.63. The molecular weight excluding hydrogens is 280 g/mol. The Bertz CT molecular complexity index is 634. The molecular formula is C22H28O. The monoisotopic (exact) mass is 308 g/mol. The van der Waals surface area contributed by atoms with Crippen molar-refractivity contribution in [3.63, 3.8) is 0 Å². The van der Waals surface area contributed by atoms with Crippen molar-refractivity contribution in [3.05, 3.63) is 64.7 Å². The van der Waals surface area contributed by atoms with Crippen LogP contribution < -0.4 is 0 Å². The first-order chi connectivity index (χ1) is 11.2. The molecule has 0 amide bonds. The lowest BCUT2D eigenvalue weighted by atomic mass is 9.75. The molecule has 0 spiro atoms. The highest BCUT2D eigenvalue weighted by Crippen LogP contribution is 2.41. The van der Waals surface area contributed by atoms with Crippen molar-refractivity contribution in [3.8, 4) is 5.75 Å². The highest BCUT2D eigenvalue weighted by atomic mass is 16.3. The number of hydrogen-bond donors (Lipinski definition) is 1. The maximum atomic E-state index is 9.59. The Kier molecular flexibility index (Phi) is 5.05. The van der Waals surface area contributed by atoms with Gasteiger partial charge in [0, 0.05) is 0 Å². The van der Waals surface area contributed by atoms with E-state index in [9.17, 15) is 5.11 Å². The quantitative estimate of drug-likeness (QED) is 0.724. The van der Waals surface area contributed by atoms with Crippen LogP contribution in [0.3, 0.4) is 0 Å². The first-order valence-electron chi connectivity index (χ1n) is 9.05. The van der Waals surface area contributed by atoms with Gasteiger partial charge in [0.15, 0.2) is 0 Å². The molecule has 2 aromatic carbocycles. The van der Waals surface area contributed by atoms with E-state index < -0.39 is 0 Å². The summed E-state index contributed by atoms with van der Waals surface area (Å²) in [6, 6.07) is 15.2. The molecule has 23 heavy (non-hydrogen) atoms. The van der Waals surface area contributed by atoms with Gasteiger partial charge >= 0.3 is 0 Å². The van der Waals surface area contributed by atoms with Crippen molar-refractivity contribution in [2.24, 2.45) is 0 Å². The van der Waals surface area contributed by atoms with Crippen LogP contribution in [0, 0.1) is 6.92 Å². The minimum Gasteiger partial charge on any atom is -0.508 e. The summed E-state index contributed by atoms with van der Waals surface area (Å²) in [6.45, 7) is 4.36. The van der Waals surface area contributed by atoms with E-state index in [1.54, 1.807) is 0 Å². The number of aryl methyl sites for hydroxylation is 2. The van der Waals surface area contributed by atoms with Gasteiger partial charge in [-0.2, -0.15) is 0 Å². The van der Waals surface area contributed by atoms with Crippen LogP contribution in [0.1, 0.15) is 73.1 Å². The molecule has 1 fully saturated rings. The van der Waals surface area contributed by atoms with Gasteiger partial charge in [-0.05, 0) is 85.3 Å². The maximum absolute atomic E-state index is 9.59. The normalized spacial score (nSPS) is 21.3. The largest absolute Gasteiger partial charge is 0.508 e. The lowest BCUT2D eigenvalue weighted by molar-refractivity contribution is 0.395. The van der Waals surface area contributed by atoms with Crippen LogP contribution in [-0.2, 0) is 6.42 Å². The Morgan fingerprint density at radius 1 is 0.913 bits per heavy atom. The number of benzene rings is 2. The molecule has 0 unspecified atom stereocenters. The van der Waals surface area contributed by atoms with Crippen molar-refractivity contribution in [1.29, 1.82) is 0 Å². The molecule has 3 rings (SSSR count). The minimum atomic E-state index is 0.382. The smallest absolute Gasteiger partial charge is 0.115 e. The van der Waals surface area contributed by atoms with E-state index in [0.29, 0.717) is 11.7 Å². The molecule has 0 heterocycles. The van der Waals surface area contributed by atoms with Crippen LogP contribution >= 0.6 is 0 Å². The van der Waals surface area contributed by atoms with E-state index >= 15 is 0 Å². The van der Waals surface area contributed by atoms with E-state index in [0.717, 1.165) is 5.92 Å². The molecule has 122 valence electrons. The van der Waals surface area contributed by atoms with Gasteiger partial charge in [-0.15, -0.1) is 0 Å². The summed E-state index contributed by atoms with van der Waals surface area (Å²) in [5, 5.41) is 9.59. The van der Waals surface area contributed by atoms with Crippen molar-refractivity contribution in [2.45, 2.75) is 64.2 Å². The van der Waals surface area contributed by atoms with Crippen LogP contribution in [-0.4, -0.2) is 5.11 Å². The summed E-state index contributed by atoms with van der Waals surface area (Å²) in [5.41, 5.74) is 5.65. The predicted octanol–water partition coefficient (Wildman–Crippen LogP) is 6.09. The van der Waals surface area contributed by atoms with Crippen molar-refractivity contribution >= 4 is 0 Å². The Morgan fingerprint density at radius 3 is 2.17 bits per heavy atom. The van der Waals surface area contributed by atoms with Gasteiger partial charge in [-0.3, -0.25) is 0 Å². The van der Waals surface area contributed by atoms with Crippen LogP contribution in [0.25, 0.3) is 0 Å². The number of hydrogen-bond acceptors (Lipinski definition) is 1. The zero-order valence-corrected chi connectivity index (χ0v) is 14.4. The molecule has 1 nitrogen and oxygen atoms in total. The third-order valence-corrected chi connectivity index (χ3v) is 5.41. The molecule has 2 aromatic rings. The summed E-state index contributed by atoms with van der Waals surface area (Å²) in [6.07, 6.45) is 7.47. The van der Waals surface area contributed by atoms with Gasteiger partial charge < -0.3 is 5.11 Å². The highest BCUT2D eigenvalue weighted by molar-refractivity contribution is 5.36. The molecule has 0 bridgehead atoms. The minimum absolute atomic E-state index is 0.382. The zero-order chi connectivity index (χ0) is 16.2. The fourth-order valence-corrected chi connectivity index (χ4v) is 4.10. The lowest BCUT2D eigenvalue weighted by Crippen LogP contribution is -2.13. The standard InChI is InChI=1S/C22H28O/c1-3-4-17-5-7-18(8-6-17)19-9-11-20(12-10-19)22-14-13-21(23)15-16(22)2/h5-8,13-15,19-20,23H,3-4,9-12H2,1-2H3. The fourth-order valence-electron chi connectivity index (χ4n) is 4.10. The van der Waals surface area contributed by atoms with Crippen molar-refractivity contribution < 1.29 is 5.11 Å². The number of phenolic OH excluding ortho intramolecular Hbond substituents is 1. The van der Waals surface area contributed by atoms with Gasteiger partial charge in [0.1, 0.15) is 5.75 Å². The average Bonchev–Trinajstić information content (AvgIpc) is 2.56. The SMILES string of the molecule is CCCc1ccc(C2CCC(c3ccc(O)cc3C)CC2)cc1. The Hall–Kier alpha value is -1.76. The first-order valence-corrected chi connectivity index (χ1v) is 9.05. The van der Waals surface area contributed by atoms with E-state index in [1.807, 2.05) is 12.1 Å². The van der Waals surface area contributed by atoms with Crippen LogP contribution in [0.5, 0.6) is 5.75 Å². The van der Waals surface area contributed by atoms with E-state index in [2.05, 4.69) is 44.2 Å². The highest BCUT2D eigenvalue weighted by Gasteiger charge is 2.24. The molecule has 1 aliphatic carbocycles. The first kappa shape index (κ1) is 16.1. The van der Waals surface area contributed by atoms with Crippen LogP contribution in [0.4, 0.5) is 0 Å². The molecule has 0 aromatic heterocycles. The number of aromatic hydroxyl groups is 1. The van der Waals surface area contributed by atoms with Crippen LogP contribution in [0.15, 0.2) is 42.5 Å². The summed E-state index contributed by atoms with van der Waals surface area (Å²) in [5.74, 6) is 1.76. The van der Waals surface area contributed by atoms with Gasteiger partial charge in [0.05, 0.1) is 0 Å². The van der Waals surface area contributed by atoms with Crippen molar-refractivity contribution in [1.82, 2.24) is 0 Å². The molecule has 0 saturated heterocycles. The van der Waals surface area contributed by atoms with Gasteiger partial charge in [0.25, 0.3) is 0 Å². The van der Waals surface area contributed by atoms with Crippen molar-refractivity contribution in [2.75, 3.05) is 0 Å². The van der Waals surface area contributed by atoms with Gasteiger partial charge in [-0.25, -0.2) is 0 Å². The van der Waals surface area contributed by atoms with E-state index in [-0.39, 0.29) is 0 Å². The number of rotatable bonds is 4. The third-order valence-electron chi connectivity index (χ3n) is 5.41. The number of phenols is 1. The maximum Gasteiger partial charge on any atom is 0.115 e. The van der Waals surface area contributed by atoms with Crippen LogP contribution in [0.2, 0.25) is 0 Å². The fraction of sp³-hybridized carbons (Fsp3) is 0.455. The summed E-state index contributed by atoms with van der Waals surface area (Å²) < 4.78 is 0. The molecule has 1 heteroatoms. The second-order valence-electron chi connectivity index (χ2n) is 7.08. The zero-order valence-electron chi connectivity index (χ0n) is 14.4. The average molecular weight is 308 g/mol. The molecule has 0 radical (unpaired) electrons. The predicted molar refractivity (Wildman–Crippen MR) is 97.2 cm³/mol. The summed E-state index contributed by atoms with van der Waals surface area (Å²) in [7, 11) is 0. The molecule has 0 aliphatic heterocycles. The van der Waals surface area contributed by atoms with Gasteiger partial charge in [0.2, 0.25) is 0 Å². The lowest BCUT2D eigenvalue weighted by Gasteiger charge is -2.30. The third kappa shape index (κ3) is 3.77.